The van der Waals surface area contributed by atoms with Gasteiger partial charge in [-0.3, -0.25) is 4.98 Å². The molecule has 0 N–H and O–H groups in total. The van der Waals surface area contributed by atoms with E-state index in [4.69, 9.17) is 4.99 Å². The fourth-order valence-corrected chi connectivity index (χ4v) is 3.62. The molecule has 0 unspecified atom stereocenters. The van der Waals surface area contributed by atoms with Crippen LogP contribution in [0.4, 0.5) is 5.69 Å². The third-order valence-corrected chi connectivity index (χ3v) is 4.80. The summed E-state index contributed by atoms with van der Waals surface area (Å²) in [6.07, 6.45) is 1.86. The summed E-state index contributed by atoms with van der Waals surface area (Å²) in [5.74, 6) is 0. The summed E-state index contributed by atoms with van der Waals surface area (Å²) >= 11 is 0. The number of pyridine rings is 1. The molecule has 0 atom stereocenters. The molecule has 0 amide bonds. The lowest BCUT2D eigenvalue weighted by molar-refractivity contribution is 1.31. The van der Waals surface area contributed by atoms with E-state index in [0.29, 0.717) is 0 Å². The van der Waals surface area contributed by atoms with Gasteiger partial charge in [-0.15, -0.1) is 0 Å². The van der Waals surface area contributed by atoms with Gasteiger partial charge in [0.1, 0.15) is 0 Å². The van der Waals surface area contributed by atoms with Crippen molar-refractivity contribution in [3.8, 4) is 11.3 Å². The molecule has 0 bridgehead atoms. The lowest BCUT2D eigenvalue weighted by Gasteiger charge is -2.04. The molecule has 5 rings (SSSR count). The summed E-state index contributed by atoms with van der Waals surface area (Å²) in [4.78, 5) is 9.63. The van der Waals surface area contributed by atoms with E-state index < -0.39 is 0 Å². The first kappa shape index (κ1) is 14.1. The maximum Gasteiger partial charge on any atom is 0.0810 e. The molecule has 1 aliphatic carbocycles. The van der Waals surface area contributed by atoms with Crippen LogP contribution in [0.5, 0.6) is 0 Å². The number of fused-ring (bicyclic) bond motifs is 4. The van der Waals surface area contributed by atoms with Gasteiger partial charge in [-0.05, 0) is 47.5 Å². The summed E-state index contributed by atoms with van der Waals surface area (Å²) in [5.41, 5.74) is 7.74. The maximum absolute atomic E-state index is 5.01. The summed E-state index contributed by atoms with van der Waals surface area (Å²) in [5, 5.41) is 2.44. The van der Waals surface area contributed by atoms with Crippen LogP contribution in [0.3, 0.4) is 0 Å². The molecular weight excluding hydrogens is 304 g/mol. The number of aryl methyl sites for hydroxylation is 1. The van der Waals surface area contributed by atoms with Gasteiger partial charge in [0.2, 0.25) is 0 Å². The zero-order chi connectivity index (χ0) is 16.8. The van der Waals surface area contributed by atoms with Crippen LogP contribution < -0.4 is 0 Å². The minimum absolute atomic E-state index is 0.970. The molecule has 0 saturated carbocycles. The Bertz CT molecular complexity index is 1160. The second kappa shape index (κ2) is 5.38. The van der Waals surface area contributed by atoms with E-state index in [1.807, 2.05) is 12.3 Å². The van der Waals surface area contributed by atoms with E-state index >= 15 is 0 Å². The van der Waals surface area contributed by atoms with E-state index in [2.05, 4.69) is 78.6 Å². The molecule has 0 saturated heterocycles. The zero-order valence-corrected chi connectivity index (χ0v) is 13.9. The lowest BCUT2D eigenvalue weighted by atomic mass is 10.0. The Morgan fingerprint density at radius 1 is 0.760 bits per heavy atom. The Balaban J connectivity index is 1.75. The summed E-state index contributed by atoms with van der Waals surface area (Å²) in [6.45, 7) is 2.14. The van der Waals surface area contributed by atoms with E-state index in [0.717, 1.165) is 22.7 Å². The van der Waals surface area contributed by atoms with Crippen LogP contribution in [0.1, 0.15) is 16.7 Å². The third-order valence-electron chi connectivity index (χ3n) is 4.80. The molecular formula is C23H16N2. The van der Waals surface area contributed by atoms with Crippen molar-refractivity contribution in [2.45, 2.75) is 6.92 Å². The summed E-state index contributed by atoms with van der Waals surface area (Å²) < 4.78 is 0. The Kier molecular flexibility index (Phi) is 3.04. The minimum Gasteiger partial charge on any atom is -0.256 e. The first-order chi connectivity index (χ1) is 12.3. The molecule has 0 fully saturated rings. The molecule has 1 aromatic heterocycles. The van der Waals surface area contributed by atoms with Gasteiger partial charge < -0.3 is 0 Å². The average Bonchev–Trinajstić information content (AvgIpc) is 2.97. The van der Waals surface area contributed by atoms with Gasteiger partial charge in [-0.25, -0.2) is 4.99 Å². The van der Waals surface area contributed by atoms with Crippen LogP contribution in [-0.2, 0) is 0 Å². The summed E-state index contributed by atoms with van der Waals surface area (Å²) in [6, 6.07) is 25.2. The van der Waals surface area contributed by atoms with Crippen LogP contribution >= 0.6 is 0 Å². The third kappa shape index (κ3) is 2.18. The second-order valence-electron chi connectivity index (χ2n) is 6.39. The minimum atomic E-state index is 0.970. The number of aliphatic imine (C=N–C) groups is 1. The molecule has 0 spiro atoms. The smallest absolute Gasteiger partial charge is 0.0810 e. The molecule has 0 radical (unpaired) electrons. The summed E-state index contributed by atoms with van der Waals surface area (Å²) in [7, 11) is 0. The number of aromatic nitrogens is 1. The van der Waals surface area contributed by atoms with Gasteiger partial charge in [0.05, 0.1) is 17.1 Å². The maximum atomic E-state index is 5.01. The van der Waals surface area contributed by atoms with Crippen molar-refractivity contribution >= 4 is 22.2 Å². The predicted molar refractivity (Wildman–Crippen MR) is 104 cm³/mol. The fraction of sp³-hybridized carbons (Fsp3) is 0.0435. The van der Waals surface area contributed by atoms with Crippen LogP contribution in [-0.4, -0.2) is 10.7 Å². The molecule has 4 aromatic rings. The molecule has 3 aromatic carbocycles. The molecule has 25 heavy (non-hydrogen) atoms. The second-order valence-corrected chi connectivity index (χ2v) is 6.39. The van der Waals surface area contributed by atoms with Crippen molar-refractivity contribution in [2.75, 3.05) is 0 Å². The Hall–Kier alpha value is -3.26. The van der Waals surface area contributed by atoms with Gasteiger partial charge >= 0.3 is 0 Å². The van der Waals surface area contributed by atoms with Crippen LogP contribution in [0.2, 0.25) is 0 Å². The highest BCUT2D eigenvalue weighted by molar-refractivity contribution is 6.25. The quantitative estimate of drug-likeness (QED) is 0.389. The lowest BCUT2D eigenvalue weighted by Crippen LogP contribution is -1.97. The van der Waals surface area contributed by atoms with Crippen molar-refractivity contribution in [3.63, 3.8) is 0 Å². The molecule has 1 heterocycles. The van der Waals surface area contributed by atoms with Gasteiger partial charge in [0.15, 0.2) is 0 Å². The average molecular weight is 320 g/mol. The Labute approximate surface area is 146 Å². The van der Waals surface area contributed by atoms with Crippen molar-refractivity contribution in [1.29, 1.82) is 0 Å². The molecule has 1 aliphatic rings. The van der Waals surface area contributed by atoms with E-state index in [-0.39, 0.29) is 0 Å². The van der Waals surface area contributed by atoms with Crippen molar-refractivity contribution < 1.29 is 0 Å². The first-order valence-electron chi connectivity index (χ1n) is 8.44. The van der Waals surface area contributed by atoms with Gasteiger partial charge in [0.25, 0.3) is 0 Å². The van der Waals surface area contributed by atoms with Gasteiger partial charge in [0, 0.05) is 22.9 Å². The highest BCUT2D eigenvalue weighted by Gasteiger charge is 2.27. The highest BCUT2D eigenvalue weighted by Crippen LogP contribution is 2.38. The standard InChI is InChI=1S/C23H16N2/c1-15-6-4-9-19-21(15)23-20(10-5-13-24-23)22(19)25-18-12-11-16-7-2-3-8-17(16)14-18/h2-14H,1H3. The van der Waals surface area contributed by atoms with E-state index in [1.54, 1.807) is 0 Å². The fourth-order valence-electron chi connectivity index (χ4n) is 3.62. The topological polar surface area (TPSA) is 25.2 Å². The number of nitrogens with zero attached hydrogens (tertiary/aromatic N) is 2. The predicted octanol–water partition coefficient (Wildman–Crippen LogP) is 5.69. The molecule has 118 valence electrons. The highest BCUT2D eigenvalue weighted by atomic mass is 14.8. The zero-order valence-electron chi connectivity index (χ0n) is 13.9. The van der Waals surface area contributed by atoms with Crippen LogP contribution in [0.25, 0.3) is 22.0 Å². The van der Waals surface area contributed by atoms with Crippen molar-refractivity contribution in [2.24, 2.45) is 4.99 Å². The van der Waals surface area contributed by atoms with Gasteiger partial charge in [-0.1, -0.05) is 48.5 Å². The first-order valence-corrected chi connectivity index (χ1v) is 8.44. The molecule has 0 aliphatic heterocycles. The normalized spacial score (nSPS) is 13.9. The molecule has 2 nitrogen and oxygen atoms in total. The van der Waals surface area contributed by atoms with Gasteiger partial charge in [-0.2, -0.15) is 0 Å². The monoisotopic (exact) mass is 320 g/mol. The van der Waals surface area contributed by atoms with E-state index in [1.165, 1.54) is 27.5 Å². The van der Waals surface area contributed by atoms with Crippen LogP contribution in [0.15, 0.2) is 84.0 Å². The van der Waals surface area contributed by atoms with Crippen LogP contribution in [0, 0.1) is 6.92 Å². The van der Waals surface area contributed by atoms with Crippen molar-refractivity contribution in [3.05, 3.63) is 95.7 Å². The Morgan fingerprint density at radius 2 is 1.60 bits per heavy atom. The van der Waals surface area contributed by atoms with Crippen molar-refractivity contribution in [1.82, 2.24) is 4.98 Å². The number of rotatable bonds is 1. The number of benzene rings is 3. The Morgan fingerprint density at radius 3 is 2.52 bits per heavy atom. The molecule has 2 heteroatoms. The number of hydrogen-bond acceptors (Lipinski definition) is 2. The number of hydrogen-bond donors (Lipinski definition) is 0. The largest absolute Gasteiger partial charge is 0.256 e. The SMILES string of the molecule is Cc1cccc2c1-c1ncccc1C2=Nc1ccc2ccccc2c1. The van der Waals surface area contributed by atoms with E-state index in [9.17, 15) is 0 Å².